The van der Waals surface area contributed by atoms with E-state index in [1.165, 1.54) is 20.1 Å². The van der Waals surface area contributed by atoms with Gasteiger partial charge >= 0.3 is 11.6 Å². The Morgan fingerprint density at radius 2 is 2.04 bits per heavy atom. The molecule has 0 amide bonds. The fourth-order valence-corrected chi connectivity index (χ4v) is 2.20. The maximum atomic E-state index is 12.1. The van der Waals surface area contributed by atoms with E-state index in [2.05, 4.69) is 6.92 Å². The third kappa shape index (κ3) is 4.16. The number of fused-ring (bicyclic) bond motifs is 1. The highest BCUT2D eigenvalue weighted by Gasteiger charge is 2.17. The molecule has 0 saturated heterocycles. The predicted molar refractivity (Wildman–Crippen MR) is 89.9 cm³/mol. The zero-order valence-electron chi connectivity index (χ0n) is 14.0. The Bertz CT molecular complexity index is 803. The van der Waals surface area contributed by atoms with Crippen LogP contribution in [0.15, 0.2) is 39.6 Å². The molecule has 2 rings (SSSR count). The lowest BCUT2D eigenvalue weighted by Crippen LogP contribution is -2.09. The van der Waals surface area contributed by atoms with Crippen molar-refractivity contribution >= 4 is 16.9 Å². The van der Waals surface area contributed by atoms with E-state index in [-0.39, 0.29) is 11.3 Å². The lowest BCUT2D eigenvalue weighted by atomic mass is 10.2. The highest BCUT2D eigenvalue weighted by atomic mass is 16.5. The van der Waals surface area contributed by atoms with Crippen LogP contribution >= 0.6 is 0 Å². The lowest BCUT2D eigenvalue weighted by molar-refractivity contribution is -0.131. The zero-order valence-corrected chi connectivity index (χ0v) is 14.0. The quantitative estimate of drug-likeness (QED) is 0.254. The van der Waals surface area contributed by atoms with Crippen molar-refractivity contribution < 1.29 is 23.4 Å². The maximum absolute atomic E-state index is 12.1. The van der Waals surface area contributed by atoms with Gasteiger partial charge in [-0.15, -0.1) is 0 Å². The first-order valence-corrected chi connectivity index (χ1v) is 7.67. The number of methoxy groups -OCH3 is 1. The second-order valence-electron chi connectivity index (χ2n) is 5.02. The predicted octanol–water partition coefficient (Wildman–Crippen LogP) is 3.46. The molecule has 0 aliphatic rings. The van der Waals surface area contributed by atoms with Gasteiger partial charge in [0, 0.05) is 13.0 Å². The van der Waals surface area contributed by atoms with E-state index >= 15 is 0 Å². The lowest BCUT2D eigenvalue weighted by Gasteiger charge is -2.12. The molecule has 0 unspecified atom stereocenters. The van der Waals surface area contributed by atoms with E-state index in [1.807, 2.05) is 12.2 Å². The van der Waals surface area contributed by atoms with Crippen LogP contribution in [-0.4, -0.2) is 19.7 Å². The van der Waals surface area contributed by atoms with E-state index in [9.17, 15) is 9.59 Å². The van der Waals surface area contributed by atoms with E-state index in [4.69, 9.17) is 18.6 Å². The summed E-state index contributed by atoms with van der Waals surface area (Å²) >= 11 is 0. The molecule has 0 aliphatic heterocycles. The van der Waals surface area contributed by atoms with Gasteiger partial charge in [-0.2, -0.15) is 0 Å². The Kier molecular flexibility index (Phi) is 6.01. The second kappa shape index (κ2) is 8.19. The number of esters is 1. The number of benzene rings is 1. The Labute approximate surface area is 139 Å². The van der Waals surface area contributed by atoms with E-state index < -0.39 is 11.6 Å². The van der Waals surface area contributed by atoms with Gasteiger partial charge in [-0.05, 0) is 25.0 Å². The van der Waals surface area contributed by atoms with Crippen LogP contribution in [0.25, 0.3) is 11.0 Å². The van der Waals surface area contributed by atoms with Crippen molar-refractivity contribution in [2.75, 3.05) is 13.7 Å². The molecule has 0 aliphatic carbocycles. The molecule has 6 heteroatoms. The third-order valence-electron chi connectivity index (χ3n) is 3.19. The van der Waals surface area contributed by atoms with Crippen LogP contribution in [0.1, 0.15) is 26.7 Å². The molecule has 0 radical (unpaired) electrons. The van der Waals surface area contributed by atoms with Gasteiger partial charge in [0.25, 0.3) is 0 Å². The van der Waals surface area contributed by atoms with Crippen LogP contribution in [0.3, 0.4) is 0 Å². The van der Waals surface area contributed by atoms with Crippen LogP contribution < -0.4 is 19.8 Å². The number of hydrogen-bond acceptors (Lipinski definition) is 6. The Hall–Kier alpha value is -2.76. The van der Waals surface area contributed by atoms with Crippen molar-refractivity contribution in [3.05, 3.63) is 40.8 Å². The molecule has 1 heterocycles. The second-order valence-corrected chi connectivity index (χ2v) is 5.02. The number of allylic oxidation sites excluding steroid dienone is 1. The van der Waals surface area contributed by atoms with Gasteiger partial charge in [-0.3, -0.25) is 4.79 Å². The number of carbonyl (C=O) groups excluding carboxylic acids is 1. The summed E-state index contributed by atoms with van der Waals surface area (Å²) < 4.78 is 21.1. The molecule has 0 spiro atoms. The molecule has 0 atom stereocenters. The normalized spacial score (nSPS) is 11.0. The summed E-state index contributed by atoms with van der Waals surface area (Å²) in [6.07, 6.45) is 5.73. The highest BCUT2D eigenvalue weighted by Crippen LogP contribution is 2.34. The molecular weight excluding hydrogens is 312 g/mol. The van der Waals surface area contributed by atoms with Crippen molar-refractivity contribution in [1.82, 2.24) is 0 Å². The van der Waals surface area contributed by atoms with Gasteiger partial charge in [0.1, 0.15) is 11.3 Å². The van der Waals surface area contributed by atoms with Gasteiger partial charge in [0.2, 0.25) is 5.75 Å². The maximum Gasteiger partial charge on any atom is 0.383 e. The Balaban J connectivity index is 2.40. The number of hydrogen-bond donors (Lipinski definition) is 0. The largest absolute Gasteiger partial charge is 0.488 e. The summed E-state index contributed by atoms with van der Waals surface area (Å²) in [6, 6.07) is 4.74. The molecule has 0 fully saturated rings. The van der Waals surface area contributed by atoms with Crippen LogP contribution in [0.4, 0.5) is 0 Å². The van der Waals surface area contributed by atoms with E-state index in [0.29, 0.717) is 29.9 Å². The highest BCUT2D eigenvalue weighted by molar-refractivity contribution is 5.87. The molecule has 24 heavy (non-hydrogen) atoms. The molecule has 0 bridgehead atoms. The van der Waals surface area contributed by atoms with Crippen molar-refractivity contribution in [2.24, 2.45) is 0 Å². The van der Waals surface area contributed by atoms with Crippen LogP contribution in [-0.2, 0) is 4.79 Å². The summed E-state index contributed by atoms with van der Waals surface area (Å²) in [7, 11) is 1.38. The molecular formula is C18H20O6. The monoisotopic (exact) mass is 332 g/mol. The number of ether oxygens (including phenoxy) is 3. The summed E-state index contributed by atoms with van der Waals surface area (Å²) in [5.74, 6) is 0.176. The molecule has 2 aromatic rings. The Morgan fingerprint density at radius 3 is 2.71 bits per heavy atom. The summed E-state index contributed by atoms with van der Waals surface area (Å²) in [5, 5.41) is 0.571. The molecule has 0 N–H and O–H groups in total. The van der Waals surface area contributed by atoms with Crippen LogP contribution in [0, 0.1) is 0 Å². The molecule has 1 aromatic carbocycles. The van der Waals surface area contributed by atoms with Gasteiger partial charge in [-0.1, -0.05) is 19.1 Å². The standard InChI is InChI=1S/C18H20O6/c1-4-5-6-7-10-22-16-14-9-8-13(23-12(2)19)11-15(14)24-18(20)17(16)21-3/h5-6,8-9,11H,4,7,10H2,1-3H3/b6-5+. The number of carbonyl (C=O) groups is 1. The minimum absolute atomic E-state index is 0.0159. The topological polar surface area (TPSA) is 75.0 Å². The van der Waals surface area contributed by atoms with Crippen LogP contribution in [0.5, 0.6) is 17.2 Å². The molecule has 128 valence electrons. The summed E-state index contributed by atoms with van der Waals surface area (Å²) in [5.41, 5.74) is -0.386. The third-order valence-corrected chi connectivity index (χ3v) is 3.19. The Morgan fingerprint density at radius 1 is 1.25 bits per heavy atom. The molecule has 1 aromatic heterocycles. The first-order chi connectivity index (χ1) is 11.6. The van der Waals surface area contributed by atoms with Crippen molar-refractivity contribution in [3.8, 4) is 17.2 Å². The van der Waals surface area contributed by atoms with Gasteiger partial charge in [0.15, 0.2) is 5.75 Å². The molecule has 0 saturated carbocycles. The average molecular weight is 332 g/mol. The average Bonchev–Trinajstić information content (AvgIpc) is 2.53. The van der Waals surface area contributed by atoms with Crippen LogP contribution in [0.2, 0.25) is 0 Å². The minimum atomic E-state index is -0.649. The SMILES string of the molecule is CC/C=C/CCOc1c(OC)c(=O)oc2cc(OC(C)=O)ccc12. The van der Waals surface area contributed by atoms with Crippen molar-refractivity contribution in [2.45, 2.75) is 26.7 Å². The summed E-state index contributed by atoms with van der Waals surface area (Å²) in [6.45, 7) is 3.75. The first kappa shape index (κ1) is 17.6. The van der Waals surface area contributed by atoms with Gasteiger partial charge in [-0.25, -0.2) is 4.79 Å². The fourth-order valence-electron chi connectivity index (χ4n) is 2.20. The number of rotatable bonds is 7. The van der Waals surface area contributed by atoms with Crippen molar-refractivity contribution in [1.29, 1.82) is 0 Å². The van der Waals surface area contributed by atoms with E-state index in [1.54, 1.807) is 12.1 Å². The van der Waals surface area contributed by atoms with Gasteiger partial charge < -0.3 is 18.6 Å². The molecule has 6 nitrogen and oxygen atoms in total. The fraction of sp³-hybridized carbons (Fsp3) is 0.333. The van der Waals surface area contributed by atoms with Crippen molar-refractivity contribution in [3.63, 3.8) is 0 Å². The summed E-state index contributed by atoms with van der Waals surface area (Å²) in [4.78, 5) is 23.1. The van der Waals surface area contributed by atoms with Gasteiger partial charge in [0.05, 0.1) is 19.1 Å². The van der Waals surface area contributed by atoms with E-state index in [0.717, 1.165) is 6.42 Å². The first-order valence-electron chi connectivity index (χ1n) is 7.67. The smallest absolute Gasteiger partial charge is 0.383 e. The minimum Gasteiger partial charge on any atom is -0.488 e. The zero-order chi connectivity index (χ0) is 17.5.